The van der Waals surface area contributed by atoms with Gasteiger partial charge >= 0.3 is 12.4 Å². The molecule has 4 aromatic rings. The van der Waals surface area contributed by atoms with Crippen molar-refractivity contribution < 1.29 is 26.3 Å². The highest BCUT2D eigenvalue weighted by atomic mass is 35.5. The van der Waals surface area contributed by atoms with Crippen LogP contribution in [0.4, 0.5) is 26.3 Å². The molecule has 0 radical (unpaired) electrons. The number of benzene rings is 2. The molecule has 0 fully saturated rings. The first-order chi connectivity index (χ1) is 14.9. The Bertz CT molecular complexity index is 1320. The largest absolute Gasteiger partial charge is 0.433 e. The van der Waals surface area contributed by atoms with Crippen LogP contribution in [-0.4, -0.2) is 14.8 Å². The summed E-state index contributed by atoms with van der Waals surface area (Å²) in [5.74, 6) is 0. The molecule has 0 saturated carbocycles. The zero-order valence-corrected chi connectivity index (χ0v) is 17.4. The summed E-state index contributed by atoms with van der Waals surface area (Å²) in [7, 11) is 0. The van der Waals surface area contributed by atoms with Gasteiger partial charge in [-0.05, 0) is 37.6 Å². The number of aryl methyl sites for hydroxylation is 2. The quantitative estimate of drug-likeness (QED) is 0.286. The molecule has 10 heteroatoms. The first kappa shape index (κ1) is 22.1. The van der Waals surface area contributed by atoms with Crippen LogP contribution in [0.15, 0.2) is 48.5 Å². The number of pyridine rings is 1. The van der Waals surface area contributed by atoms with Crippen LogP contribution in [0.3, 0.4) is 0 Å². The number of halogens is 7. The van der Waals surface area contributed by atoms with Gasteiger partial charge in [0.15, 0.2) is 5.65 Å². The summed E-state index contributed by atoms with van der Waals surface area (Å²) < 4.78 is 83.0. The van der Waals surface area contributed by atoms with E-state index < -0.39 is 34.6 Å². The van der Waals surface area contributed by atoms with Crippen molar-refractivity contribution in [2.45, 2.75) is 26.2 Å². The lowest BCUT2D eigenvalue weighted by Gasteiger charge is -2.13. The molecule has 0 bridgehead atoms. The molecule has 4 rings (SSSR count). The number of aromatic nitrogens is 3. The molecular formula is C22H14ClF6N3. The average Bonchev–Trinajstić information content (AvgIpc) is 3.08. The summed E-state index contributed by atoms with van der Waals surface area (Å²) in [4.78, 5) is 3.55. The highest BCUT2D eigenvalue weighted by molar-refractivity contribution is 6.31. The Morgan fingerprint density at radius 1 is 0.844 bits per heavy atom. The lowest BCUT2D eigenvalue weighted by atomic mass is 10.0. The van der Waals surface area contributed by atoms with E-state index in [-0.39, 0.29) is 22.5 Å². The molecule has 32 heavy (non-hydrogen) atoms. The number of nitrogens with zero attached hydrogens (tertiary/aromatic N) is 3. The van der Waals surface area contributed by atoms with Crippen LogP contribution < -0.4 is 0 Å². The minimum absolute atomic E-state index is 0.0220. The summed E-state index contributed by atoms with van der Waals surface area (Å²) in [6.07, 6.45) is -10.2. The van der Waals surface area contributed by atoms with Gasteiger partial charge in [0.25, 0.3) is 0 Å². The second-order valence-corrected chi connectivity index (χ2v) is 7.72. The van der Waals surface area contributed by atoms with Gasteiger partial charge in [-0.15, -0.1) is 0 Å². The van der Waals surface area contributed by atoms with Gasteiger partial charge in [-0.25, -0.2) is 9.67 Å². The maximum Gasteiger partial charge on any atom is 0.433 e. The third kappa shape index (κ3) is 3.92. The van der Waals surface area contributed by atoms with Crippen molar-refractivity contribution in [3.63, 3.8) is 0 Å². The predicted molar refractivity (Wildman–Crippen MR) is 109 cm³/mol. The monoisotopic (exact) mass is 469 g/mol. The van der Waals surface area contributed by atoms with E-state index in [0.29, 0.717) is 11.1 Å². The number of hydrogen-bond acceptors (Lipinski definition) is 2. The maximum absolute atomic E-state index is 13.9. The van der Waals surface area contributed by atoms with Crippen molar-refractivity contribution in [1.82, 2.24) is 14.8 Å². The average molecular weight is 470 g/mol. The first-order valence-corrected chi connectivity index (χ1v) is 9.66. The normalized spacial score (nSPS) is 12.5. The molecule has 0 aliphatic heterocycles. The summed E-state index contributed by atoms with van der Waals surface area (Å²) in [5.41, 5.74) is -1.79. The van der Waals surface area contributed by atoms with Gasteiger partial charge in [-0.3, -0.25) is 0 Å². The van der Waals surface area contributed by atoms with Crippen LogP contribution in [0.1, 0.15) is 22.4 Å². The van der Waals surface area contributed by atoms with Crippen molar-refractivity contribution in [3.05, 3.63) is 75.9 Å². The number of hydrogen-bond donors (Lipinski definition) is 0. The molecule has 0 unspecified atom stereocenters. The summed E-state index contributed by atoms with van der Waals surface area (Å²) >= 11 is 6.14. The zero-order valence-electron chi connectivity index (χ0n) is 16.6. The van der Waals surface area contributed by atoms with Crippen molar-refractivity contribution in [3.8, 4) is 16.9 Å². The maximum atomic E-state index is 13.9. The Morgan fingerprint density at radius 3 is 2.06 bits per heavy atom. The smallest absolute Gasteiger partial charge is 0.223 e. The molecule has 3 nitrogen and oxygen atoms in total. The van der Waals surface area contributed by atoms with Gasteiger partial charge in [-0.2, -0.15) is 31.4 Å². The van der Waals surface area contributed by atoms with Crippen LogP contribution in [0.5, 0.6) is 0 Å². The fourth-order valence-electron chi connectivity index (χ4n) is 3.29. The van der Waals surface area contributed by atoms with Crippen molar-refractivity contribution in [1.29, 1.82) is 0 Å². The molecule has 2 aromatic heterocycles. The lowest BCUT2D eigenvalue weighted by Crippen LogP contribution is -2.14. The Balaban J connectivity index is 2.16. The van der Waals surface area contributed by atoms with E-state index in [9.17, 15) is 26.3 Å². The molecule has 0 aliphatic carbocycles. The van der Waals surface area contributed by atoms with E-state index in [4.69, 9.17) is 11.6 Å². The Morgan fingerprint density at radius 2 is 1.50 bits per heavy atom. The van der Waals surface area contributed by atoms with Gasteiger partial charge in [0.1, 0.15) is 11.4 Å². The zero-order chi connectivity index (χ0) is 23.4. The number of fused-ring (bicyclic) bond motifs is 1. The van der Waals surface area contributed by atoms with E-state index in [0.717, 1.165) is 10.2 Å². The van der Waals surface area contributed by atoms with E-state index in [2.05, 4.69) is 10.1 Å². The van der Waals surface area contributed by atoms with Crippen LogP contribution >= 0.6 is 11.6 Å². The minimum Gasteiger partial charge on any atom is -0.223 e. The minimum atomic E-state index is -5.09. The van der Waals surface area contributed by atoms with E-state index in [1.54, 1.807) is 44.2 Å². The molecule has 2 aromatic carbocycles. The molecule has 0 saturated heterocycles. The molecule has 0 aliphatic rings. The molecule has 0 amide bonds. The Hall–Kier alpha value is -3.07. The first-order valence-electron chi connectivity index (χ1n) is 9.28. The van der Waals surface area contributed by atoms with Gasteiger partial charge in [0.05, 0.1) is 16.6 Å². The predicted octanol–water partition coefficient (Wildman–Crippen LogP) is 7.40. The lowest BCUT2D eigenvalue weighted by molar-refractivity contribution is -0.144. The third-order valence-corrected chi connectivity index (χ3v) is 5.37. The Labute approximate surface area is 183 Å². The van der Waals surface area contributed by atoms with Gasteiger partial charge in [-0.1, -0.05) is 47.5 Å². The SMILES string of the molecule is Cc1ccc(-c2nn(-c3ccc(C)c(Cl)c3)c3nc(C(F)(F)F)cc(C(F)(F)F)c23)cc1. The van der Waals surface area contributed by atoms with Crippen LogP contribution in [0, 0.1) is 13.8 Å². The van der Waals surface area contributed by atoms with Crippen LogP contribution in [-0.2, 0) is 12.4 Å². The summed E-state index contributed by atoms with van der Waals surface area (Å²) in [6.45, 7) is 3.51. The molecule has 2 heterocycles. The van der Waals surface area contributed by atoms with Crippen LogP contribution in [0.2, 0.25) is 5.02 Å². The van der Waals surface area contributed by atoms with E-state index in [1.807, 2.05) is 0 Å². The van der Waals surface area contributed by atoms with E-state index >= 15 is 0 Å². The second kappa shape index (κ2) is 7.51. The molecular weight excluding hydrogens is 456 g/mol. The highest BCUT2D eigenvalue weighted by Crippen LogP contribution is 2.42. The number of rotatable bonds is 2. The second-order valence-electron chi connectivity index (χ2n) is 7.31. The molecule has 0 atom stereocenters. The third-order valence-electron chi connectivity index (χ3n) is 4.96. The molecule has 0 spiro atoms. The van der Waals surface area contributed by atoms with Crippen molar-refractivity contribution >= 4 is 22.6 Å². The Kier molecular flexibility index (Phi) is 5.20. The number of alkyl halides is 6. The summed E-state index contributed by atoms with van der Waals surface area (Å²) in [6, 6.07) is 11.0. The fourth-order valence-corrected chi connectivity index (χ4v) is 3.47. The molecule has 0 N–H and O–H groups in total. The topological polar surface area (TPSA) is 30.7 Å². The summed E-state index contributed by atoms with van der Waals surface area (Å²) in [5, 5.41) is 4.02. The van der Waals surface area contributed by atoms with Gasteiger partial charge in [0, 0.05) is 10.6 Å². The highest BCUT2D eigenvalue weighted by Gasteiger charge is 2.41. The standard InChI is InChI=1S/C22H14ClF6N3/c1-11-3-6-13(7-4-11)19-18-15(21(24,25)26)10-17(22(27,28)29)30-20(18)32(31-19)14-8-5-12(2)16(23)9-14/h3-10H,1-2H3. The van der Waals surface area contributed by atoms with Gasteiger partial charge < -0.3 is 0 Å². The van der Waals surface area contributed by atoms with Crippen LogP contribution in [0.25, 0.3) is 28.0 Å². The molecule has 166 valence electrons. The van der Waals surface area contributed by atoms with Crippen molar-refractivity contribution in [2.24, 2.45) is 0 Å². The fraction of sp³-hybridized carbons (Fsp3) is 0.182. The van der Waals surface area contributed by atoms with E-state index in [1.165, 1.54) is 12.1 Å². The van der Waals surface area contributed by atoms with Crippen molar-refractivity contribution in [2.75, 3.05) is 0 Å². The van der Waals surface area contributed by atoms with Gasteiger partial charge in [0.2, 0.25) is 0 Å².